The second kappa shape index (κ2) is 10.1. The SMILES string of the molecule is N=C(N)N(CCCc1c[nH]cn1)CCC(c1cccc(C(F)(F)F)c1)c1ccccn1. The van der Waals surface area contributed by atoms with E-state index in [-0.39, 0.29) is 11.9 Å². The van der Waals surface area contributed by atoms with E-state index in [9.17, 15) is 13.2 Å². The smallest absolute Gasteiger partial charge is 0.370 e. The van der Waals surface area contributed by atoms with Crippen molar-refractivity contribution in [2.45, 2.75) is 31.4 Å². The lowest BCUT2D eigenvalue weighted by atomic mass is 9.90. The van der Waals surface area contributed by atoms with Crippen LogP contribution in [-0.2, 0) is 12.6 Å². The molecule has 0 saturated heterocycles. The number of aromatic nitrogens is 3. The van der Waals surface area contributed by atoms with Gasteiger partial charge in [-0.3, -0.25) is 10.4 Å². The predicted molar refractivity (Wildman–Crippen MR) is 113 cm³/mol. The van der Waals surface area contributed by atoms with Crippen molar-refractivity contribution in [1.82, 2.24) is 19.9 Å². The molecule has 1 aromatic carbocycles. The van der Waals surface area contributed by atoms with Gasteiger partial charge in [0.05, 0.1) is 17.6 Å². The number of H-pyrrole nitrogens is 1. The molecule has 0 radical (unpaired) electrons. The lowest BCUT2D eigenvalue weighted by Crippen LogP contribution is -2.38. The Morgan fingerprint density at radius 3 is 2.61 bits per heavy atom. The standard InChI is InChI=1S/C22H25F3N6/c23-22(24,25)17-6-3-5-16(13-17)19(20-8-1-2-10-29-20)9-12-31(21(26)27)11-4-7-18-14-28-15-30-18/h1-3,5-6,8,10,13-15,19H,4,7,9,11-12H2,(H3,26,27)(H,28,30). The van der Waals surface area contributed by atoms with Crippen molar-refractivity contribution in [1.29, 1.82) is 5.41 Å². The normalized spacial score (nSPS) is 12.5. The van der Waals surface area contributed by atoms with Gasteiger partial charge in [-0.2, -0.15) is 13.2 Å². The van der Waals surface area contributed by atoms with Crippen molar-refractivity contribution >= 4 is 5.96 Å². The minimum absolute atomic E-state index is 0.0640. The van der Waals surface area contributed by atoms with Gasteiger partial charge < -0.3 is 15.6 Å². The average Bonchev–Trinajstić information content (AvgIpc) is 3.26. The number of rotatable bonds is 9. The molecule has 2 aromatic heterocycles. The second-order valence-electron chi connectivity index (χ2n) is 7.26. The number of aromatic amines is 1. The highest BCUT2D eigenvalue weighted by molar-refractivity contribution is 5.74. The van der Waals surface area contributed by atoms with E-state index in [2.05, 4.69) is 15.0 Å². The van der Waals surface area contributed by atoms with Gasteiger partial charge in [-0.05, 0) is 43.0 Å². The summed E-state index contributed by atoms with van der Waals surface area (Å²) in [4.78, 5) is 13.2. The molecule has 4 N–H and O–H groups in total. The Bertz CT molecular complexity index is 957. The van der Waals surface area contributed by atoms with E-state index < -0.39 is 11.7 Å². The number of guanidine groups is 1. The summed E-state index contributed by atoms with van der Waals surface area (Å²) in [5, 5.41) is 7.89. The van der Waals surface area contributed by atoms with E-state index in [1.807, 2.05) is 12.3 Å². The minimum atomic E-state index is -4.41. The van der Waals surface area contributed by atoms with Crippen LogP contribution in [0.25, 0.3) is 0 Å². The van der Waals surface area contributed by atoms with Crippen LogP contribution in [0, 0.1) is 5.41 Å². The van der Waals surface area contributed by atoms with Gasteiger partial charge in [-0.1, -0.05) is 24.3 Å². The maximum atomic E-state index is 13.2. The number of nitrogens with two attached hydrogens (primary N) is 1. The number of nitrogens with one attached hydrogen (secondary N) is 2. The van der Waals surface area contributed by atoms with E-state index >= 15 is 0 Å². The molecule has 2 heterocycles. The number of hydrogen-bond acceptors (Lipinski definition) is 3. The molecular formula is C22H25F3N6. The first-order valence-electron chi connectivity index (χ1n) is 9.99. The van der Waals surface area contributed by atoms with Crippen LogP contribution >= 0.6 is 0 Å². The van der Waals surface area contributed by atoms with E-state index in [0.29, 0.717) is 30.8 Å². The van der Waals surface area contributed by atoms with Gasteiger partial charge in [0, 0.05) is 37.1 Å². The third-order valence-electron chi connectivity index (χ3n) is 5.11. The number of alkyl halides is 3. The minimum Gasteiger partial charge on any atom is -0.370 e. The van der Waals surface area contributed by atoms with Crippen LogP contribution in [0.1, 0.15) is 41.3 Å². The van der Waals surface area contributed by atoms with Gasteiger partial charge in [0.15, 0.2) is 5.96 Å². The van der Waals surface area contributed by atoms with Crippen LogP contribution in [0.15, 0.2) is 61.2 Å². The first kappa shape index (κ1) is 22.3. The summed E-state index contributed by atoms with van der Waals surface area (Å²) in [5.74, 6) is -0.414. The second-order valence-corrected chi connectivity index (χ2v) is 7.26. The number of benzene rings is 1. The highest BCUT2D eigenvalue weighted by Gasteiger charge is 2.31. The van der Waals surface area contributed by atoms with E-state index in [0.717, 1.165) is 24.6 Å². The van der Waals surface area contributed by atoms with Crippen LogP contribution in [0.4, 0.5) is 13.2 Å². The predicted octanol–water partition coefficient (Wildman–Crippen LogP) is 4.17. The van der Waals surface area contributed by atoms with Gasteiger partial charge >= 0.3 is 6.18 Å². The molecule has 0 amide bonds. The molecule has 6 nitrogen and oxygen atoms in total. The summed E-state index contributed by atoms with van der Waals surface area (Å²) in [6.45, 7) is 0.979. The number of pyridine rings is 1. The Labute approximate surface area is 178 Å². The fourth-order valence-corrected chi connectivity index (χ4v) is 3.52. The fraction of sp³-hybridized carbons (Fsp3) is 0.318. The molecule has 164 valence electrons. The van der Waals surface area contributed by atoms with Crippen molar-refractivity contribution in [2.75, 3.05) is 13.1 Å². The van der Waals surface area contributed by atoms with Gasteiger partial charge in [-0.25, -0.2) is 4.98 Å². The highest BCUT2D eigenvalue weighted by atomic mass is 19.4. The molecule has 0 aliphatic carbocycles. The fourth-order valence-electron chi connectivity index (χ4n) is 3.52. The molecule has 0 spiro atoms. The van der Waals surface area contributed by atoms with Gasteiger partial charge in [0.2, 0.25) is 0 Å². The summed E-state index contributed by atoms with van der Waals surface area (Å²) in [7, 11) is 0. The summed E-state index contributed by atoms with van der Waals surface area (Å²) < 4.78 is 39.7. The maximum absolute atomic E-state index is 13.2. The molecule has 0 saturated carbocycles. The Kier molecular flexibility index (Phi) is 7.28. The summed E-state index contributed by atoms with van der Waals surface area (Å²) >= 11 is 0. The zero-order chi connectivity index (χ0) is 22.3. The van der Waals surface area contributed by atoms with Crippen LogP contribution in [0.3, 0.4) is 0 Å². The molecule has 9 heteroatoms. The van der Waals surface area contributed by atoms with Gasteiger partial charge in [0.1, 0.15) is 0 Å². The third-order valence-corrected chi connectivity index (χ3v) is 5.11. The quantitative estimate of drug-likeness (QED) is 0.351. The number of nitrogens with zero attached hydrogens (tertiary/aromatic N) is 3. The average molecular weight is 430 g/mol. The van der Waals surface area contributed by atoms with Crippen LogP contribution in [-0.4, -0.2) is 38.9 Å². The zero-order valence-electron chi connectivity index (χ0n) is 16.9. The van der Waals surface area contributed by atoms with Crippen molar-refractivity contribution in [2.24, 2.45) is 5.73 Å². The summed E-state index contributed by atoms with van der Waals surface area (Å²) in [6.07, 6.45) is 2.62. The number of aryl methyl sites for hydroxylation is 1. The van der Waals surface area contributed by atoms with E-state index in [1.165, 1.54) is 12.1 Å². The molecule has 1 unspecified atom stereocenters. The van der Waals surface area contributed by atoms with Crippen LogP contribution in [0.5, 0.6) is 0 Å². The summed E-state index contributed by atoms with van der Waals surface area (Å²) in [6, 6.07) is 10.7. The first-order chi connectivity index (χ1) is 14.8. The molecule has 0 aliphatic heterocycles. The van der Waals surface area contributed by atoms with Crippen molar-refractivity contribution < 1.29 is 13.2 Å². The monoisotopic (exact) mass is 430 g/mol. The number of hydrogen-bond donors (Lipinski definition) is 3. The number of halogens is 3. The molecule has 31 heavy (non-hydrogen) atoms. The Balaban J connectivity index is 1.74. The van der Waals surface area contributed by atoms with Gasteiger partial charge in [0.25, 0.3) is 0 Å². The Morgan fingerprint density at radius 2 is 1.97 bits per heavy atom. The molecule has 0 fully saturated rings. The third kappa shape index (κ3) is 6.31. The van der Waals surface area contributed by atoms with Crippen LogP contribution < -0.4 is 5.73 Å². The molecule has 3 aromatic rings. The van der Waals surface area contributed by atoms with Crippen molar-refractivity contribution in [3.05, 3.63) is 83.7 Å². The van der Waals surface area contributed by atoms with Crippen molar-refractivity contribution in [3.63, 3.8) is 0 Å². The van der Waals surface area contributed by atoms with E-state index in [4.69, 9.17) is 11.1 Å². The number of imidazole rings is 1. The molecule has 0 aliphatic rings. The Hall–Kier alpha value is -3.36. The maximum Gasteiger partial charge on any atom is 0.416 e. The van der Waals surface area contributed by atoms with Crippen molar-refractivity contribution in [3.8, 4) is 0 Å². The van der Waals surface area contributed by atoms with Gasteiger partial charge in [-0.15, -0.1) is 0 Å². The lowest BCUT2D eigenvalue weighted by Gasteiger charge is -2.26. The first-order valence-corrected chi connectivity index (χ1v) is 9.99. The molecule has 0 bridgehead atoms. The molecule has 1 atom stereocenters. The topological polar surface area (TPSA) is 94.7 Å². The lowest BCUT2D eigenvalue weighted by molar-refractivity contribution is -0.137. The molecular weight excluding hydrogens is 405 g/mol. The largest absolute Gasteiger partial charge is 0.416 e. The highest BCUT2D eigenvalue weighted by Crippen LogP contribution is 2.33. The summed E-state index contributed by atoms with van der Waals surface area (Å²) in [5.41, 5.74) is 7.22. The Morgan fingerprint density at radius 1 is 1.13 bits per heavy atom. The van der Waals surface area contributed by atoms with E-state index in [1.54, 1.807) is 35.6 Å². The zero-order valence-corrected chi connectivity index (χ0v) is 16.9. The van der Waals surface area contributed by atoms with Crippen LogP contribution in [0.2, 0.25) is 0 Å². The molecule has 3 rings (SSSR count).